The fraction of sp³-hybridized carbons (Fsp3) is 0.567. The summed E-state index contributed by atoms with van der Waals surface area (Å²) in [4.78, 5) is 12.4. The van der Waals surface area contributed by atoms with Crippen molar-refractivity contribution in [2.45, 2.75) is 90.4 Å². The van der Waals surface area contributed by atoms with Gasteiger partial charge in [-0.1, -0.05) is 84.0 Å². The van der Waals surface area contributed by atoms with Crippen molar-refractivity contribution in [1.29, 1.82) is 0 Å². The highest BCUT2D eigenvalue weighted by atomic mass is 16.5. The fourth-order valence-electron chi connectivity index (χ4n) is 4.31. The Labute approximate surface area is 201 Å². The van der Waals surface area contributed by atoms with E-state index in [4.69, 9.17) is 4.74 Å². The summed E-state index contributed by atoms with van der Waals surface area (Å²) in [5.74, 6) is 1.75. The average molecular weight is 450 g/mol. The number of unbranched alkanes of at least 4 members (excludes halogenated alkanes) is 1. The quantitative estimate of drug-likeness (QED) is 0.350. The van der Waals surface area contributed by atoms with Crippen molar-refractivity contribution in [2.24, 2.45) is 5.92 Å². The topological polar surface area (TPSA) is 38.3 Å². The molecule has 0 radical (unpaired) electrons. The number of hydrogen-bond donors (Lipinski definition) is 1. The van der Waals surface area contributed by atoms with Crippen LogP contribution in [-0.2, 0) is 15.6 Å². The molecular weight excluding hydrogens is 406 g/mol. The van der Waals surface area contributed by atoms with Crippen LogP contribution >= 0.6 is 0 Å². The first kappa shape index (κ1) is 25.3. The highest BCUT2D eigenvalue weighted by molar-refractivity contribution is 5.82. The Morgan fingerprint density at radius 1 is 0.970 bits per heavy atom. The van der Waals surface area contributed by atoms with Crippen LogP contribution in [0.3, 0.4) is 0 Å². The lowest BCUT2D eigenvalue weighted by atomic mass is 9.76. The molecule has 1 saturated carbocycles. The van der Waals surface area contributed by atoms with Gasteiger partial charge in [-0.3, -0.25) is 4.79 Å². The smallest absolute Gasteiger partial charge is 0.223 e. The second-order valence-electron chi connectivity index (χ2n) is 10.9. The van der Waals surface area contributed by atoms with Crippen LogP contribution in [0, 0.1) is 5.92 Å². The van der Waals surface area contributed by atoms with Crippen molar-refractivity contribution in [3.63, 3.8) is 0 Å². The molecule has 180 valence electrons. The van der Waals surface area contributed by atoms with Crippen molar-refractivity contribution in [3.8, 4) is 5.75 Å². The predicted molar refractivity (Wildman–Crippen MR) is 138 cm³/mol. The first-order valence-corrected chi connectivity index (χ1v) is 12.8. The molecule has 0 aliphatic heterocycles. The standard InChI is InChI=1S/C30H43NO2/c1-7-29(3,4)23-16-17-27(26(20-23)30(5,6)8-2)33-19-13-12-18-31-28(32)25-21-24(25)22-14-10-9-11-15-22/h9-11,14-17,20,24-25H,7-8,12-13,18-19,21H2,1-6H3,(H,31,32)/t24-,25+/m1/s1. The van der Waals surface area contributed by atoms with E-state index in [0.29, 0.717) is 12.5 Å². The van der Waals surface area contributed by atoms with Crippen molar-refractivity contribution in [1.82, 2.24) is 5.32 Å². The van der Waals surface area contributed by atoms with Crippen LogP contribution in [0.25, 0.3) is 0 Å². The molecule has 3 rings (SSSR count). The summed E-state index contributed by atoms with van der Waals surface area (Å²) in [6.07, 6.45) is 5.01. The molecule has 1 aliphatic rings. The second kappa shape index (κ2) is 10.8. The van der Waals surface area contributed by atoms with Crippen LogP contribution in [0.5, 0.6) is 5.75 Å². The lowest BCUT2D eigenvalue weighted by molar-refractivity contribution is -0.122. The van der Waals surface area contributed by atoms with Gasteiger partial charge in [0.2, 0.25) is 5.91 Å². The molecule has 0 heterocycles. The van der Waals surface area contributed by atoms with Gasteiger partial charge in [0, 0.05) is 18.0 Å². The van der Waals surface area contributed by atoms with Gasteiger partial charge in [-0.15, -0.1) is 0 Å². The lowest BCUT2D eigenvalue weighted by Crippen LogP contribution is -2.26. The van der Waals surface area contributed by atoms with Crippen molar-refractivity contribution in [3.05, 3.63) is 65.2 Å². The van der Waals surface area contributed by atoms with Crippen molar-refractivity contribution >= 4 is 5.91 Å². The SMILES string of the molecule is CCC(C)(C)c1ccc(OCCCCNC(=O)[C@H]2C[C@@H]2c2ccccc2)c(C(C)(C)CC)c1. The number of carbonyl (C=O) groups excluding carboxylic acids is 1. The van der Waals surface area contributed by atoms with E-state index in [2.05, 4.69) is 77.2 Å². The Hall–Kier alpha value is -2.29. The summed E-state index contributed by atoms with van der Waals surface area (Å²) in [5.41, 5.74) is 4.20. The number of rotatable bonds is 12. The van der Waals surface area contributed by atoms with Crippen LogP contribution in [0.15, 0.2) is 48.5 Å². The normalized spacial score (nSPS) is 18.1. The molecule has 1 N–H and O–H groups in total. The molecule has 0 saturated heterocycles. The van der Waals surface area contributed by atoms with Gasteiger partial charge in [-0.25, -0.2) is 0 Å². The summed E-state index contributed by atoms with van der Waals surface area (Å²) in [6.45, 7) is 15.1. The summed E-state index contributed by atoms with van der Waals surface area (Å²) in [5, 5.41) is 3.12. The van der Waals surface area contributed by atoms with E-state index in [1.54, 1.807) is 0 Å². The molecule has 1 aliphatic carbocycles. The molecule has 0 aromatic heterocycles. The maximum Gasteiger partial charge on any atom is 0.223 e. The summed E-state index contributed by atoms with van der Waals surface area (Å²) < 4.78 is 6.26. The van der Waals surface area contributed by atoms with E-state index < -0.39 is 0 Å². The van der Waals surface area contributed by atoms with Crippen LogP contribution in [0.1, 0.15) is 96.3 Å². The number of nitrogens with one attached hydrogen (secondary N) is 1. The van der Waals surface area contributed by atoms with Crippen molar-refractivity contribution < 1.29 is 9.53 Å². The fourth-order valence-corrected chi connectivity index (χ4v) is 4.31. The summed E-state index contributed by atoms with van der Waals surface area (Å²) in [6, 6.07) is 17.1. The third-order valence-corrected chi connectivity index (χ3v) is 7.74. The van der Waals surface area contributed by atoms with E-state index in [1.807, 2.05) is 18.2 Å². The Balaban J connectivity index is 1.46. The number of hydrogen-bond acceptors (Lipinski definition) is 2. The highest BCUT2D eigenvalue weighted by Crippen LogP contribution is 2.47. The van der Waals surface area contributed by atoms with Gasteiger partial charge < -0.3 is 10.1 Å². The van der Waals surface area contributed by atoms with Gasteiger partial charge >= 0.3 is 0 Å². The first-order chi connectivity index (χ1) is 15.7. The molecule has 1 fully saturated rings. The van der Waals surface area contributed by atoms with Gasteiger partial charge in [0.15, 0.2) is 0 Å². The zero-order valence-electron chi connectivity index (χ0n) is 21.5. The predicted octanol–water partition coefficient (Wildman–Crippen LogP) is 7.14. The van der Waals surface area contributed by atoms with Gasteiger partial charge in [-0.2, -0.15) is 0 Å². The minimum Gasteiger partial charge on any atom is -0.493 e. The minimum atomic E-state index is 0.0721. The first-order valence-electron chi connectivity index (χ1n) is 12.8. The average Bonchev–Trinajstić information content (AvgIpc) is 3.63. The summed E-state index contributed by atoms with van der Waals surface area (Å²) in [7, 11) is 0. The zero-order chi connectivity index (χ0) is 24.1. The van der Waals surface area contributed by atoms with Gasteiger partial charge in [0.1, 0.15) is 5.75 Å². The van der Waals surface area contributed by atoms with Crippen LogP contribution in [0.2, 0.25) is 0 Å². The molecule has 2 aromatic carbocycles. The van der Waals surface area contributed by atoms with Crippen LogP contribution in [0.4, 0.5) is 0 Å². The van der Waals surface area contributed by atoms with E-state index in [1.165, 1.54) is 16.7 Å². The van der Waals surface area contributed by atoms with Crippen LogP contribution < -0.4 is 10.1 Å². The third kappa shape index (κ3) is 6.40. The highest BCUT2D eigenvalue weighted by Gasteiger charge is 2.43. The Morgan fingerprint density at radius 2 is 1.67 bits per heavy atom. The van der Waals surface area contributed by atoms with E-state index >= 15 is 0 Å². The number of carbonyl (C=O) groups is 1. The lowest BCUT2D eigenvalue weighted by Gasteiger charge is -2.30. The molecule has 2 aromatic rings. The minimum absolute atomic E-state index is 0.0721. The Morgan fingerprint density at radius 3 is 2.33 bits per heavy atom. The molecule has 3 heteroatoms. The zero-order valence-corrected chi connectivity index (χ0v) is 21.5. The molecular formula is C30H43NO2. The van der Waals surface area contributed by atoms with E-state index in [0.717, 1.165) is 44.4 Å². The van der Waals surface area contributed by atoms with Crippen LogP contribution in [-0.4, -0.2) is 19.1 Å². The van der Waals surface area contributed by atoms with Gasteiger partial charge in [-0.05, 0) is 66.0 Å². The molecule has 1 amide bonds. The molecule has 3 nitrogen and oxygen atoms in total. The van der Waals surface area contributed by atoms with E-state index in [-0.39, 0.29) is 22.7 Å². The largest absolute Gasteiger partial charge is 0.493 e. The maximum atomic E-state index is 12.4. The molecule has 0 spiro atoms. The van der Waals surface area contributed by atoms with Crippen molar-refractivity contribution in [2.75, 3.05) is 13.2 Å². The monoisotopic (exact) mass is 449 g/mol. The molecule has 0 bridgehead atoms. The third-order valence-electron chi connectivity index (χ3n) is 7.74. The number of benzene rings is 2. The number of amides is 1. The molecule has 0 unspecified atom stereocenters. The number of ether oxygens (including phenoxy) is 1. The Kier molecular flexibility index (Phi) is 8.26. The van der Waals surface area contributed by atoms with E-state index in [9.17, 15) is 4.79 Å². The van der Waals surface area contributed by atoms with Gasteiger partial charge in [0.05, 0.1) is 6.61 Å². The Bertz CT molecular complexity index is 916. The van der Waals surface area contributed by atoms with Gasteiger partial charge in [0.25, 0.3) is 0 Å². The molecule has 33 heavy (non-hydrogen) atoms. The molecule has 2 atom stereocenters. The maximum absolute atomic E-state index is 12.4. The second-order valence-corrected chi connectivity index (χ2v) is 10.9. The summed E-state index contributed by atoms with van der Waals surface area (Å²) >= 11 is 0.